The molecule has 0 bridgehead atoms. The van der Waals surface area contributed by atoms with Crippen molar-refractivity contribution in [2.75, 3.05) is 18.1 Å². The van der Waals surface area contributed by atoms with E-state index in [9.17, 15) is 13.2 Å². The summed E-state index contributed by atoms with van der Waals surface area (Å²) in [5.41, 5.74) is 0.292. The molecule has 0 spiro atoms. The van der Waals surface area contributed by atoms with Crippen LogP contribution in [0.15, 0.2) is 54.6 Å². The van der Waals surface area contributed by atoms with Gasteiger partial charge in [-0.25, -0.2) is 0 Å². The number of halogens is 3. The zero-order valence-electron chi connectivity index (χ0n) is 11.3. The monoisotopic (exact) mass is 295 g/mol. The minimum Gasteiger partial charge on any atom is -0.395 e. The van der Waals surface area contributed by atoms with Crippen molar-refractivity contribution in [1.82, 2.24) is 0 Å². The molecule has 0 saturated carbocycles. The molecule has 0 unspecified atom stereocenters. The fourth-order valence-corrected chi connectivity index (χ4v) is 2.20. The molecule has 0 aromatic heterocycles. The molecule has 2 aromatic carbocycles. The first-order chi connectivity index (χ1) is 10.0. The maximum Gasteiger partial charge on any atom is 0.418 e. The zero-order chi connectivity index (χ0) is 15.3. The highest BCUT2D eigenvalue weighted by molar-refractivity contribution is 5.55. The zero-order valence-corrected chi connectivity index (χ0v) is 11.3. The minimum absolute atomic E-state index is 0.0860. The molecule has 0 amide bonds. The average molecular weight is 295 g/mol. The van der Waals surface area contributed by atoms with Gasteiger partial charge in [-0.2, -0.15) is 13.2 Å². The van der Waals surface area contributed by atoms with Gasteiger partial charge in [-0.1, -0.05) is 42.5 Å². The summed E-state index contributed by atoms with van der Waals surface area (Å²) in [5.74, 6) is 0. The number of hydrogen-bond donors (Lipinski definition) is 1. The minimum atomic E-state index is -4.42. The second kappa shape index (κ2) is 6.63. The van der Waals surface area contributed by atoms with Gasteiger partial charge in [-0.05, 0) is 17.7 Å². The van der Waals surface area contributed by atoms with Gasteiger partial charge in [0.25, 0.3) is 0 Å². The molecule has 2 rings (SSSR count). The third-order valence-electron chi connectivity index (χ3n) is 3.14. The van der Waals surface area contributed by atoms with Crippen LogP contribution in [0.4, 0.5) is 18.9 Å². The summed E-state index contributed by atoms with van der Waals surface area (Å²) in [6.07, 6.45) is -4.42. The van der Waals surface area contributed by atoms with Crippen molar-refractivity contribution in [1.29, 1.82) is 0 Å². The van der Waals surface area contributed by atoms with Gasteiger partial charge in [0.05, 0.1) is 12.2 Å². The summed E-state index contributed by atoms with van der Waals surface area (Å²) >= 11 is 0. The van der Waals surface area contributed by atoms with E-state index in [0.717, 1.165) is 11.6 Å². The Morgan fingerprint density at radius 1 is 0.905 bits per heavy atom. The van der Waals surface area contributed by atoms with Crippen LogP contribution in [0, 0.1) is 0 Å². The lowest BCUT2D eigenvalue weighted by molar-refractivity contribution is -0.137. The van der Waals surface area contributed by atoms with Crippen molar-refractivity contribution < 1.29 is 18.3 Å². The lowest BCUT2D eigenvalue weighted by Crippen LogP contribution is -2.28. The van der Waals surface area contributed by atoms with Crippen LogP contribution in [0.3, 0.4) is 0 Å². The van der Waals surface area contributed by atoms with Crippen LogP contribution in [-0.2, 0) is 12.7 Å². The van der Waals surface area contributed by atoms with E-state index in [4.69, 9.17) is 5.11 Å². The first-order valence-electron chi connectivity index (χ1n) is 6.58. The topological polar surface area (TPSA) is 23.5 Å². The van der Waals surface area contributed by atoms with Gasteiger partial charge in [0.15, 0.2) is 0 Å². The van der Waals surface area contributed by atoms with Gasteiger partial charge in [0.2, 0.25) is 0 Å². The van der Waals surface area contributed by atoms with Crippen LogP contribution in [0.1, 0.15) is 11.1 Å². The Morgan fingerprint density at radius 2 is 1.52 bits per heavy atom. The molecule has 0 aliphatic carbocycles. The van der Waals surface area contributed by atoms with E-state index in [-0.39, 0.29) is 18.8 Å². The molecule has 21 heavy (non-hydrogen) atoms. The number of aliphatic hydroxyl groups excluding tert-OH is 1. The fourth-order valence-electron chi connectivity index (χ4n) is 2.20. The number of benzene rings is 2. The van der Waals surface area contributed by atoms with E-state index >= 15 is 0 Å². The SMILES string of the molecule is OCCN(Cc1ccccc1)c1ccccc1C(F)(F)F. The third kappa shape index (κ3) is 3.98. The highest BCUT2D eigenvalue weighted by Crippen LogP contribution is 2.36. The van der Waals surface area contributed by atoms with Crippen LogP contribution in [0.25, 0.3) is 0 Å². The van der Waals surface area contributed by atoms with Gasteiger partial charge in [-0.3, -0.25) is 0 Å². The summed E-state index contributed by atoms with van der Waals surface area (Å²) in [7, 11) is 0. The van der Waals surface area contributed by atoms with E-state index < -0.39 is 11.7 Å². The molecule has 5 heteroatoms. The highest BCUT2D eigenvalue weighted by Gasteiger charge is 2.34. The average Bonchev–Trinajstić information content (AvgIpc) is 2.47. The van der Waals surface area contributed by atoms with Crippen LogP contribution < -0.4 is 4.90 Å². The highest BCUT2D eigenvalue weighted by atomic mass is 19.4. The summed E-state index contributed by atoms with van der Waals surface area (Å²) in [6, 6.07) is 14.6. The molecule has 0 heterocycles. The van der Waals surface area contributed by atoms with E-state index in [1.165, 1.54) is 17.0 Å². The molecule has 1 N–H and O–H groups in total. The smallest absolute Gasteiger partial charge is 0.395 e. The first kappa shape index (κ1) is 15.4. The molecular formula is C16H16F3NO. The lowest BCUT2D eigenvalue weighted by atomic mass is 10.1. The summed E-state index contributed by atoms with van der Waals surface area (Å²) in [5, 5.41) is 9.15. The van der Waals surface area contributed by atoms with Crippen molar-refractivity contribution >= 4 is 5.69 Å². The fraction of sp³-hybridized carbons (Fsp3) is 0.250. The second-order valence-corrected chi connectivity index (χ2v) is 4.65. The van der Waals surface area contributed by atoms with Crippen molar-refractivity contribution in [3.63, 3.8) is 0 Å². The molecule has 0 saturated heterocycles. The van der Waals surface area contributed by atoms with Gasteiger partial charge in [-0.15, -0.1) is 0 Å². The number of aliphatic hydroxyl groups is 1. The largest absolute Gasteiger partial charge is 0.418 e. The molecule has 2 aromatic rings. The maximum absolute atomic E-state index is 13.1. The van der Waals surface area contributed by atoms with E-state index in [1.807, 2.05) is 30.3 Å². The predicted molar refractivity (Wildman–Crippen MR) is 76.0 cm³/mol. The molecule has 0 fully saturated rings. The van der Waals surface area contributed by atoms with E-state index in [2.05, 4.69) is 0 Å². The third-order valence-corrected chi connectivity index (χ3v) is 3.14. The van der Waals surface area contributed by atoms with Crippen LogP contribution in [0.5, 0.6) is 0 Å². The second-order valence-electron chi connectivity index (χ2n) is 4.65. The lowest BCUT2D eigenvalue weighted by Gasteiger charge is -2.27. The molecule has 0 aliphatic heterocycles. The Kier molecular flexibility index (Phi) is 4.85. The number of rotatable bonds is 5. The van der Waals surface area contributed by atoms with Crippen LogP contribution >= 0.6 is 0 Å². The number of anilines is 1. The van der Waals surface area contributed by atoms with E-state index in [0.29, 0.717) is 6.54 Å². The number of para-hydroxylation sites is 1. The summed E-state index contributed by atoms with van der Waals surface area (Å²) in [4.78, 5) is 1.54. The van der Waals surface area contributed by atoms with E-state index in [1.54, 1.807) is 6.07 Å². The van der Waals surface area contributed by atoms with Gasteiger partial charge in [0.1, 0.15) is 0 Å². The van der Waals surface area contributed by atoms with Gasteiger partial charge in [0, 0.05) is 18.8 Å². The number of nitrogens with zero attached hydrogens (tertiary/aromatic N) is 1. The van der Waals surface area contributed by atoms with Crippen molar-refractivity contribution in [3.05, 3.63) is 65.7 Å². The molecular weight excluding hydrogens is 279 g/mol. The van der Waals surface area contributed by atoms with Crippen molar-refractivity contribution in [2.24, 2.45) is 0 Å². The molecule has 0 atom stereocenters. The number of alkyl halides is 3. The standard InChI is InChI=1S/C16H16F3NO/c17-16(18,19)14-8-4-5-9-15(14)20(10-11-21)12-13-6-2-1-3-7-13/h1-9,21H,10-12H2. The first-order valence-corrected chi connectivity index (χ1v) is 6.58. The Labute approximate surface area is 121 Å². The Balaban J connectivity index is 2.35. The molecule has 2 nitrogen and oxygen atoms in total. The molecule has 0 aliphatic rings. The number of hydrogen-bond acceptors (Lipinski definition) is 2. The van der Waals surface area contributed by atoms with Crippen molar-refractivity contribution in [3.8, 4) is 0 Å². The molecule has 112 valence electrons. The quantitative estimate of drug-likeness (QED) is 0.909. The Morgan fingerprint density at radius 3 is 2.14 bits per heavy atom. The van der Waals surface area contributed by atoms with Gasteiger partial charge < -0.3 is 10.0 Å². The Hall–Kier alpha value is -2.01. The molecule has 0 radical (unpaired) electrons. The maximum atomic E-state index is 13.1. The Bertz CT molecular complexity index is 569. The van der Waals surface area contributed by atoms with Crippen molar-refractivity contribution in [2.45, 2.75) is 12.7 Å². The van der Waals surface area contributed by atoms with Crippen LogP contribution in [0.2, 0.25) is 0 Å². The predicted octanol–water partition coefficient (Wildman–Crippen LogP) is 3.70. The normalized spacial score (nSPS) is 11.4. The van der Waals surface area contributed by atoms with Gasteiger partial charge >= 0.3 is 6.18 Å². The summed E-state index contributed by atoms with van der Waals surface area (Å²) in [6.45, 7) is 0.246. The van der Waals surface area contributed by atoms with Crippen LogP contribution in [-0.4, -0.2) is 18.3 Å². The summed E-state index contributed by atoms with van der Waals surface area (Å²) < 4.78 is 39.3.